The lowest BCUT2D eigenvalue weighted by Gasteiger charge is -2.37. The number of pyridine rings is 1. The highest BCUT2D eigenvalue weighted by Gasteiger charge is 2.24. The fourth-order valence-electron chi connectivity index (χ4n) is 3.16. The summed E-state index contributed by atoms with van der Waals surface area (Å²) < 4.78 is 14.1. The van der Waals surface area contributed by atoms with Crippen LogP contribution in [0.1, 0.15) is 12.5 Å². The van der Waals surface area contributed by atoms with Crippen molar-refractivity contribution < 1.29 is 9.50 Å². The molecule has 0 saturated carbocycles. The number of piperazine rings is 1. The van der Waals surface area contributed by atoms with E-state index in [1.54, 1.807) is 6.92 Å². The summed E-state index contributed by atoms with van der Waals surface area (Å²) >= 11 is 6.29. The summed E-state index contributed by atoms with van der Waals surface area (Å²) in [5, 5.41) is 19.8. The average molecular weight is 349 g/mol. The third kappa shape index (κ3) is 3.16. The Bertz CT molecular complexity index is 797. The first-order valence-electron chi connectivity index (χ1n) is 7.83. The van der Waals surface area contributed by atoms with E-state index in [-0.39, 0.29) is 11.6 Å². The van der Waals surface area contributed by atoms with Gasteiger partial charge in [-0.25, -0.2) is 4.39 Å². The van der Waals surface area contributed by atoms with E-state index in [1.807, 2.05) is 4.90 Å². The normalized spacial score (nSPS) is 17.0. The number of rotatable bonds is 3. The standard InChI is InChI=1S/C17H18ClFN4O/c1-11(24)10-22-4-6-23(7-5-22)17-12(8-20)9-21-16-14(19)3-2-13(18)15(16)17/h2-3,9,11,24H,4-7,10H2,1H3/t11-/m1/s1. The predicted octanol–water partition coefficient (Wildman–Crippen LogP) is 2.40. The first-order chi connectivity index (χ1) is 11.5. The zero-order chi connectivity index (χ0) is 17.3. The maximum atomic E-state index is 14.1. The molecule has 1 aromatic carbocycles. The Morgan fingerprint density at radius 1 is 1.38 bits per heavy atom. The molecule has 1 atom stereocenters. The molecule has 126 valence electrons. The van der Waals surface area contributed by atoms with Crippen LogP contribution >= 0.6 is 11.6 Å². The smallest absolute Gasteiger partial charge is 0.149 e. The van der Waals surface area contributed by atoms with Crippen molar-refractivity contribution in [3.05, 3.63) is 34.7 Å². The molecule has 1 N–H and O–H groups in total. The van der Waals surface area contributed by atoms with Gasteiger partial charge in [-0.1, -0.05) is 11.6 Å². The molecule has 0 amide bonds. The number of hydrogen-bond acceptors (Lipinski definition) is 5. The van der Waals surface area contributed by atoms with Crippen LogP contribution in [0.3, 0.4) is 0 Å². The Hall–Kier alpha value is -1.94. The molecule has 0 aliphatic carbocycles. The first kappa shape index (κ1) is 16.9. The van der Waals surface area contributed by atoms with Gasteiger partial charge in [-0.05, 0) is 19.1 Å². The molecule has 1 aliphatic rings. The number of aromatic nitrogens is 1. The highest BCUT2D eigenvalue weighted by atomic mass is 35.5. The van der Waals surface area contributed by atoms with Crippen LogP contribution in [0.4, 0.5) is 10.1 Å². The summed E-state index contributed by atoms with van der Waals surface area (Å²) in [6.07, 6.45) is 1.02. The van der Waals surface area contributed by atoms with E-state index in [1.165, 1.54) is 18.3 Å². The molecule has 1 aliphatic heterocycles. The van der Waals surface area contributed by atoms with Crippen LogP contribution < -0.4 is 4.90 Å². The van der Waals surface area contributed by atoms with E-state index in [0.29, 0.717) is 41.3 Å². The van der Waals surface area contributed by atoms with Crippen molar-refractivity contribution in [2.45, 2.75) is 13.0 Å². The van der Waals surface area contributed by atoms with Crippen LogP contribution in [0.5, 0.6) is 0 Å². The maximum absolute atomic E-state index is 14.1. The Kier molecular flexibility index (Phi) is 4.86. The van der Waals surface area contributed by atoms with Gasteiger partial charge in [-0.3, -0.25) is 9.88 Å². The molecule has 5 nitrogen and oxygen atoms in total. The first-order valence-corrected chi connectivity index (χ1v) is 8.21. The van der Waals surface area contributed by atoms with Crippen molar-refractivity contribution >= 4 is 28.2 Å². The van der Waals surface area contributed by atoms with Crippen molar-refractivity contribution in [2.75, 3.05) is 37.6 Å². The molecule has 3 rings (SSSR count). The monoisotopic (exact) mass is 348 g/mol. The number of hydrogen-bond donors (Lipinski definition) is 1. The Morgan fingerprint density at radius 2 is 2.08 bits per heavy atom. The Morgan fingerprint density at radius 3 is 2.71 bits per heavy atom. The van der Waals surface area contributed by atoms with Gasteiger partial charge in [-0.2, -0.15) is 5.26 Å². The summed E-state index contributed by atoms with van der Waals surface area (Å²) in [5.74, 6) is -0.451. The van der Waals surface area contributed by atoms with Crippen LogP contribution in [-0.4, -0.2) is 53.8 Å². The summed E-state index contributed by atoms with van der Waals surface area (Å²) in [6, 6.07) is 4.92. The van der Waals surface area contributed by atoms with Crippen LogP contribution in [0, 0.1) is 17.1 Å². The highest BCUT2D eigenvalue weighted by molar-refractivity contribution is 6.36. The fourth-order valence-corrected chi connectivity index (χ4v) is 3.40. The number of β-amino-alcohol motifs (C(OH)–C–C–N with tert-alkyl or cyclic N) is 1. The van der Waals surface area contributed by atoms with Gasteiger partial charge in [0, 0.05) is 44.3 Å². The SMILES string of the molecule is C[C@@H](O)CN1CCN(c2c(C#N)cnc3c(F)ccc(Cl)c23)CC1. The van der Waals surface area contributed by atoms with Gasteiger partial charge in [0.1, 0.15) is 17.4 Å². The molecule has 2 aromatic rings. The van der Waals surface area contributed by atoms with E-state index in [9.17, 15) is 14.8 Å². The number of nitrogens with zero attached hydrogens (tertiary/aromatic N) is 4. The number of halogens is 2. The van der Waals surface area contributed by atoms with E-state index in [2.05, 4.69) is 16.0 Å². The van der Waals surface area contributed by atoms with Gasteiger partial charge < -0.3 is 10.0 Å². The second-order valence-corrected chi connectivity index (χ2v) is 6.43. The van der Waals surface area contributed by atoms with Crippen LogP contribution in [0.25, 0.3) is 10.9 Å². The van der Waals surface area contributed by atoms with E-state index in [0.717, 1.165) is 13.1 Å². The lowest BCUT2D eigenvalue weighted by molar-refractivity contribution is 0.123. The van der Waals surface area contributed by atoms with Gasteiger partial charge in [-0.15, -0.1) is 0 Å². The molecular weight excluding hydrogens is 331 g/mol. The lowest BCUT2D eigenvalue weighted by atomic mass is 10.1. The zero-order valence-corrected chi connectivity index (χ0v) is 14.1. The van der Waals surface area contributed by atoms with Crippen molar-refractivity contribution in [2.24, 2.45) is 0 Å². The van der Waals surface area contributed by atoms with Gasteiger partial charge in [0.25, 0.3) is 0 Å². The van der Waals surface area contributed by atoms with Crippen molar-refractivity contribution in [3.8, 4) is 6.07 Å². The predicted molar refractivity (Wildman–Crippen MR) is 91.8 cm³/mol. The number of nitriles is 1. The minimum Gasteiger partial charge on any atom is -0.392 e. The largest absolute Gasteiger partial charge is 0.392 e. The van der Waals surface area contributed by atoms with Crippen LogP contribution in [0.2, 0.25) is 5.02 Å². The van der Waals surface area contributed by atoms with Crippen molar-refractivity contribution in [3.63, 3.8) is 0 Å². The van der Waals surface area contributed by atoms with Gasteiger partial charge >= 0.3 is 0 Å². The molecule has 0 spiro atoms. The third-order valence-electron chi connectivity index (χ3n) is 4.22. The molecule has 1 aromatic heterocycles. The Labute approximate surface area is 144 Å². The number of benzene rings is 1. The van der Waals surface area contributed by atoms with Crippen LogP contribution in [-0.2, 0) is 0 Å². The number of aliphatic hydroxyl groups is 1. The van der Waals surface area contributed by atoms with Crippen molar-refractivity contribution in [1.29, 1.82) is 5.26 Å². The minimum absolute atomic E-state index is 0.183. The molecule has 2 heterocycles. The summed E-state index contributed by atoms with van der Waals surface area (Å²) in [7, 11) is 0. The van der Waals surface area contributed by atoms with Gasteiger partial charge in [0.2, 0.25) is 0 Å². The van der Waals surface area contributed by atoms with E-state index >= 15 is 0 Å². The average Bonchev–Trinajstić information content (AvgIpc) is 2.57. The molecular formula is C17H18ClFN4O. The number of aliphatic hydroxyl groups excluding tert-OH is 1. The summed E-state index contributed by atoms with van der Waals surface area (Å²) in [4.78, 5) is 8.28. The van der Waals surface area contributed by atoms with Crippen LogP contribution in [0.15, 0.2) is 18.3 Å². The second kappa shape index (κ2) is 6.89. The molecule has 1 fully saturated rings. The minimum atomic E-state index is -0.451. The second-order valence-electron chi connectivity index (χ2n) is 6.02. The molecule has 0 bridgehead atoms. The number of anilines is 1. The van der Waals surface area contributed by atoms with Gasteiger partial charge in [0.05, 0.1) is 22.4 Å². The molecule has 24 heavy (non-hydrogen) atoms. The fraction of sp³-hybridized carbons (Fsp3) is 0.412. The Balaban J connectivity index is 2.00. The molecule has 1 saturated heterocycles. The summed E-state index contributed by atoms with van der Waals surface area (Å²) in [5.41, 5.74) is 1.21. The maximum Gasteiger partial charge on any atom is 0.149 e. The molecule has 0 radical (unpaired) electrons. The molecule has 0 unspecified atom stereocenters. The zero-order valence-electron chi connectivity index (χ0n) is 13.3. The third-order valence-corrected chi connectivity index (χ3v) is 4.54. The van der Waals surface area contributed by atoms with E-state index in [4.69, 9.17) is 11.6 Å². The van der Waals surface area contributed by atoms with E-state index < -0.39 is 5.82 Å². The van der Waals surface area contributed by atoms with Gasteiger partial charge in [0.15, 0.2) is 0 Å². The topological polar surface area (TPSA) is 63.4 Å². The summed E-state index contributed by atoms with van der Waals surface area (Å²) in [6.45, 7) is 5.24. The highest BCUT2D eigenvalue weighted by Crippen LogP contribution is 2.36. The molecule has 7 heteroatoms. The lowest BCUT2D eigenvalue weighted by Crippen LogP contribution is -2.48. The quantitative estimate of drug-likeness (QED) is 0.922. The van der Waals surface area contributed by atoms with Crippen molar-refractivity contribution in [1.82, 2.24) is 9.88 Å². The number of fused-ring (bicyclic) bond motifs is 1.